The highest BCUT2D eigenvalue weighted by Gasteiger charge is 2.38. The molecule has 0 aromatic heterocycles. The van der Waals surface area contributed by atoms with E-state index in [4.69, 9.17) is 0 Å². The van der Waals surface area contributed by atoms with Crippen molar-refractivity contribution in [3.63, 3.8) is 0 Å². The molecule has 0 bridgehead atoms. The summed E-state index contributed by atoms with van der Waals surface area (Å²) < 4.78 is 23.7. The summed E-state index contributed by atoms with van der Waals surface area (Å²) in [5.41, 5.74) is 0.569. The molecule has 3 nitrogen and oxygen atoms in total. The van der Waals surface area contributed by atoms with E-state index in [9.17, 15) is 8.42 Å². The number of sulfone groups is 1. The molecule has 0 amide bonds. The van der Waals surface area contributed by atoms with Crippen molar-refractivity contribution < 1.29 is 8.42 Å². The van der Waals surface area contributed by atoms with Gasteiger partial charge in [-0.05, 0) is 55.4 Å². The Labute approximate surface area is 132 Å². The summed E-state index contributed by atoms with van der Waals surface area (Å²) in [5.74, 6) is 1.40. The van der Waals surface area contributed by atoms with Crippen LogP contribution in [0.15, 0.2) is 0 Å². The van der Waals surface area contributed by atoms with Crippen LogP contribution in [0.5, 0.6) is 0 Å². The van der Waals surface area contributed by atoms with Gasteiger partial charge in [0, 0.05) is 12.3 Å². The lowest BCUT2D eigenvalue weighted by Crippen LogP contribution is -2.41. The lowest BCUT2D eigenvalue weighted by Gasteiger charge is -2.44. The first-order chi connectivity index (χ1) is 9.64. The van der Waals surface area contributed by atoms with Crippen LogP contribution < -0.4 is 5.32 Å². The van der Waals surface area contributed by atoms with Crippen LogP contribution in [-0.4, -0.2) is 33.0 Å². The van der Waals surface area contributed by atoms with Gasteiger partial charge in [-0.1, -0.05) is 34.6 Å². The van der Waals surface area contributed by atoms with Crippen molar-refractivity contribution in [1.29, 1.82) is 0 Å². The molecule has 1 saturated carbocycles. The van der Waals surface area contributed by atoms with Crippen molar-refractivity contribution in [2.75, 3.05) is 24.6 Å². The number of nitrogens with one attached hydrogen (secondary N) is 1. The Balaban J connectivity index is 2.69. The van der Waals surface area contributed by atoms with Crippen LogP contribution in [0.2, 0.25) is 0 Å². The minimum atomic E-state index is -2.85. The molecule has 0 saturated heterocycles. The van der Waals surface area contributed by atoms with E-state index in [1.807, 2.05) is 0 Å². The number of rotatable bonds is 7. The second-order valence-corrected chi connectivity index (χ2v) is 10.4. The summed E-state index contributed by atoms with van der Waals surface area (Å²) in [5, 5.41) is 3.47. The molecule has 1 aliphatic rings. The summed E-state index contributed by atoms with van der Waals surface area (Å²) in [6.45, 7) is 12.8. The topological polar surface area (TPSA) is 46.2 Å². The lowest BCUT2D eigenvalue weighted by molar-refractivity contribution is 0.0842. The standard InChI is InChI=1S/C17H35NO2S/c1-6-18-14-17(12-13-21(19,20)7-2)10-8-15(9-11-17)16(3,4)5/h15,18H,6-14H2,1-5H3. The maximum absolute atomic E-state index is 11.9. The third-order valence-corrected chi connectivity index (χ3v) is 7.11. The highest BCUT2D eigenvalue weighted by Crippen LogP contribution is 2.46. The Kier molecular flexibility index (Phi) is 6.73. The second-order valence-electron chi connectivity index (χ2n) is 7.91. The molecule has 1 N–H and O–H groups in total. The Morgan fingerprint density at radius 3 is 2.14 bits per heavy atom. The Hall–Kier alpha value is -0.0900. The Morgan fingerprint density at radius 1 is 1.14 bits per heavy atom. The lowest BCUT2D eigenvalue weighted by atomic mass is 9.63. The molecule has 1 fully saturated rings. The van der Waals surface area contributed by atoms with Gasteiger partial charge < -0.3 is 5.32 Å². The van der Waals surface area contributed by atoms with E-state index in [0.717, 1.165) is 25.4 Å². The highest BCUT2D eigenvalue weighted by molar-refractivity contribution is 7.91. The van der Waals surface area contributed by atoms with E-state index in [1.54, 1.807) is 6.92 Å². The van der Waals surface area contributed by atoms with E-state index in [1.165, 1.54) is 25.7 Å². The quantitative estimate of drug-likeness (QED) is 0.779. The van der Waals surface area contributed by atoms with Gasteiger partial charge in [0.2, 0.25) is 0 Å². The maximum atomic E-state index is 11.9. The van der Waals surface area contributed by atoms with Crippen molar-refractivity contribution in [1.82, 2.24) is 5.32 Å². The molecule has 0 aliphatic heterocycles. The summed E-state index contributed by atoms with van der Waals surface area (Å²) in [6.07, 6.45) is 5.64. The van der Waals surface area contributed by atoms with Crippen LogP contribution in [0.1, 0.15) is 66.7 Å². The summed E-state index contributed by atoms with van der Waals surface area (Å²) in [6, 6.07) is 0. The predicted molar refractivity (Wildman–Crippen MR) is 91.3 cm³/mol. The molecule has 1 rings (SSSR count). The monoisotopic (exact) mass is 317 g/mol. The summed E-state index contributed by atoms with van der Waals surface area (Å²) in [7, 11) is -2.85. The third kappa shape index (κ3) is 5.90. The van der Waals surface area contributed by atoms with Crippen LogP contribution in [0, 0.1) is 16.7 Å². The molecule has 0 aromatic rings. The van der Waals surface area contributed by atoms with Crippen LogP contribution in [0.4, 0.5) is 0 Å². The van der Waals surface area contributed by atoms with Crippen molar-refractivity contribution in [2.24, 2.45) is 16.7 Å². The fourth-order valence-electron chi connectivity index (χ4n) is 3.52. The normalized spacial score (nSPS) is 27.8. The van der Waals surface area contributed by atoms with Gasteiger partial charge in [0.15, 0.2) is 0 Å². The van der Waals surface area contributed by atoms with Crippen molar-refractivity contribution in [3.05, 3.63) is 0 Å². The molecule has 0 spiro atoms. The zero-order valence-corrected chi connectivity index (χ0v) is 15.5. The average Bonchev–Trinajstić information content (AvgIpc) is 2.43. The van der Waals surface area contributed by atoms with Crippen molar-refractivity contribution in [2.45, 2.75) is 66.7 Å². The molecule has 126 valence electrons. The first-order valence-electron chi connectivity index (χ1n) is 8.55. The van der Waals surface area contributed by atoms with Gasteiger partial charge in [0.1, 0.15) is 9.84 Å². The van der Waals surface area contributed by atoms with Crippen molar-refractivity contribution >= 4 is 9.84 Å². The smallest absolute Gasteiger partial charge is 0.150 e. The Bertz CT molecular complexity index is 401. The van der Waals surface area contributed by atoms with Crippen LogP contribution in [-0.2, 0) is 9.84 Å². The fraction of sp³-hybridized carbons (Fsp3) is 1.00. The zero-order valence-electron chi connectivity index (χ0n) is 14.7. The number of hydrogen-bond donors (Lipinski definition) is 1. The minimum absolute atomic E-state index is 0.194. The molecule has 0 aromatic carbocycles. The van der Waals surface area contributed by atoms with E-state index >= 15 is 0 Å². The van der Waals surface area contributed by atoms with E-state index in [-0.39, 0.29) is 11.2 Å². The number of hydrogen-bond acceptors (Lipinski definition) is 3. The minimum Gasteiger partial charge on any atom is -0.316 e. The molecule has 0 radical (unpaired) electrons. The first-order valence-corrected chi connectivity index (χ1v) is 10.4. The third-order valence-electron chi connectivity index (χ3n) is 5.40. The van der Waals surface area contributed by atoms with Gasteiger partial charge >= 0.3 is 0 Å². The maximum Gasteiger partial charge on any atom is 0.150 e. The van der Waals surface area contributed by atoms with Gasteiger partial charge in [0.25, 0.3) is 0 Å². The van der Waals surface area contributed by atoms with E-state index in [2.05, 4.69) is 33.0 Å². The van der Waals surface area contributed by atoms with Gasteiger partial charge in [0.05, 0.1) is 5.75 Å². The molecular weight excluding hydrogens is 282 g/mol. The molecular formula is C17H35NO2S. The Morgan fingerprint density at radius 2 is 1.71 bits per heavy atom. The summed E-state index contributed by atoms with van der Waals surface area (Å²) in [4.78, 5) is 0. The van der Waals surface area contributed by atoms with Crippen LogP contribution in [0.25, 0.3) is 0 Å². The van der Waals surface area contributed by atoms with Crippen LogP contribution in [0.3, 0.4) is 0 Å². The molecule has 1 aliphatic carbocycles. The van der Waals surface area contributed by atoms with E-state index in [0.29, 0.717) is 11.2 Å². The summed E-state index contributed by atoms with van der Waals surface area (Å²) >= 11 is 0. The largest absolute Gasteiger partial charge is 0.316 e. The second kappa shape index (κ2) is 7.45. The first kappa shape index (κ1) is 19.0. The van der Waals surface area contributed by atoms with Crippen LogP contribution >= 0.6 is 0 Å². The molecule has 4 heteroatoms. The average molecular weight is 318 g/mol. The van der Waals surface area contributed by atoms with Gasteiger partial charge in [-0.15, -0.1) is 0 Å². The SMILES string of the molecule is CCNCC1(CCS(=O)(=O)CC)CCC(C(C)(C)C)CC1. The molecule has 0 heterocycles. The van der Waals surface area contributed by atoms with Gasteiger partial charge in [-0.3, -0.25) is 0 Å². The van der Waals surface area contributed by atoms with Gasteiger partial charge in [-0.25, -0.2) is 8.42 Å². The predicted octanol–water partition coefficient (Wildman–Crippen LogP) is 3.64. The molecule has 0 unspecified atom stereocenters. The van der Waals surface area contributed by atoms with Crippen molar-refractivity contribution in [3.8, 4) is 0 Å². The zero-order chi connectivity index (χ0) is 16.1. The molecule has 0 atom stereocenters. The van der Waals surface area contributed by atoms with Gasteiger partial charge in [-0.2, -0.15) is 0 Å². The highest BCUT2D eigenvalue weighted by atomic mass is 32.2. The molecule has 21 heavy (non-hydrogen) atoms. The fourth-order valence-corrected chi connectivity index (χ4v) is 4.55. The van der Waals surface area contributed by atoms with E-state index < -0.39 is 9.84 Å².